The van der Waals surface area contributed by atoms with Crippen LogP contribution < -0.4 is 19.7 Å². The summed E-state index contributed by atoms with van der Waals surface area (Å²) >= 11 is 0. The van der Waals surface area contributed by atoms with E-state index in [-0.39, 0.29) is 6.79 Å². The van der Waals surface area contributed by atoms with E-state index >= 15 is 0 Å². The van der Waals surface area contributed by atoms with E-state index in [0.29, 0.717) is 0 Å². The SMILES string of the molecule is c1ccc(-c2cc(Nc3ccc4c(c3)OCO4)nc(N3CCCCCC3)n2)cc1. The number of nitrogens with zero attached hydrogens (tertiary/aromatic N) is 3. The molecular formula is C23H24N4O2. The van der Waals surface area contributed by atoms with Crippen molar-refractivity contribution in [2.24, 2.45) is 0 Å². The number of hydrogen-bond donors (Lipinski definition) is 1. The van der Waals surface area contributed by atoms with Crippen LogP contribution >= 0.6 is 0 Å². The molecule has 29 heavy (non-hydrogen) atoms. The number of nitrogens with one attached hydrogen (secondary N) is 1. The van der Waals surface area contributed by atoms with Crippen LogP contribution in [0.1, 0.15) is 25.7 Å². The highest BCUT2D eigenvalue weighted by molar-refractivity contribution is 5.69. The Balaban J connectivity index is 1.50. The Morgan fingerprint density at radius 3 is 2.41 bits per heavy atom. The summed E-state index contributed by atoms with van der Waals surface area (Å²) < 4.78 is 10.9. The van der Waals surface area contributed by atoms with Crippen LogP contribution in [0.5, 0.6) is 11.5 Å². The second-order valence-corrected chi connectivity index (χ2v) is 7.40. The fourth-order valence-corrected chi connectivity index (χ4v) is 3.79. The van der Waals surface area contributed by atoms with E-state index < -0.39 is 0 Å². The van der Waals surface area contributed by atoms with E-state index in [1.807, 2.05) is 42.5 Å². The molecule has 1 aromatic heterocycles. The molecule has 148 valence electrons. The number of benzene rings is 2. The van der Waals surface area contributed by atoms with Crippen LogP contribution in [0.25, 0.3) is 11.3 Å². The van der Waals surface area contributed by atoms with Crippen molar-refractivity contribution in [1.82, 2.24) is 9.97 Å². The molecule has 0 aliphatic carbocycles. The monoisotopic (exact) mass is 388 g/mol. The first-order chi connectivity index (χ1) is 14.3. The molecule has 3 heterocycles. The molecule has 0 bridgehead atoms. The lowest BCUT2D eigenvalue weighted by Gasteiger charge is -2.21. The Bertz CT molecular complexity index is 985. The number of fused-ring (bicyclic) bond motifs is 1. The first kappa shape index (κ1) is 17.8. The molecule has 5 rings (SSSR count). The third kappa shape index (κ3) is 3.97. The van der Waals surface area contributed by atoms with Crippen molar-refractivity contribution >= 4 is 17.5 Å². The quantitative estimate of drug-likeness (QED) is 0.679. The maximum Gasteiger partial charge on any atom is 0.231 e. The van der Waals surface area contributed by atoms with Crippen LogP contribution in [0.15, 0.2) is 54.6 Å². The lowest BCUT2D eigenvalue weighted by Crippen LogP contribution is -2.26. The highest BCUT2D eigenvalue weighted by atomic mass is 16.7. The minimum atomic E-state index is 0.267. The summed E-state index contributed by atoms with van der Waals surface area (Å²) in [7, 11) is 0. The minimum Gasteiger partial charge on any atom is -0.454 e. The van der Waals surface area contributed by atoms with Crippen molar-refractivity contribution in [3.8, 4) is 22.8 Å². The third-order valence-corrected chi connectivity index (χ3v) is 5.32. The Morgan fingerprint density at radius 2 is 1.59 bits per heavy atom. The predicted octanol–water partition coefficient (Wildman–Crippen LogP) is 5.00. The zero-order chi connectivity index (χ0) is 19.5. The van der Waals surface area contributed by atoms with Crippen molar-refractivity contribution in [2.45, 2.75) is 25.7 Å². The number of hydrogen-bond acceptors (Lipinski definition) is 6. The molecule has 6 nitrogen and oxygen atoms in total. The molecule has 0 spiro atoms. The van der Waals surface area contributed by atoms with Crippen molar-refractivity contribution in [3.05, 3.63) is 54.6 Å². The predicted molar refractivity (Wildman–Crippen MR) is 114 cm³/mol. The molecule has 0 radical (unpaired) electrons. The highest BCUT2D eigenvalue weighted by Crippen LogP contribution is 2.35. The first-order valence-electron chi connectivity index (χ1n) is 10.2. The molecular weight excluding hydrogens is 364 g/mol. The molecule has 6 heteroatoms. The molecule has 2 aromatic carbocycles. The van der Waals surface area contributed by atoms with Crippen LogP contribution in [0.4, 0.5) is 17.5 Å². The summed E-state index contributed by atoms with van der Waals surface area (Å²) in [6.07, 6.45) is 4.92. The van der Waals surface area contributed by atoms with Crippen molar-refractivity contribution in [1.29, 1.82) is 0 Å². The number of ether oxygens (including phenoxy) is 2. The molecule has 0 saturated carbocycles. The van der Waals surface area contributed by atoms with Crippen molar-refractivity contribution in [2.75, 3.05) is 30.1 Å². The summed E-state index contributed by atoms with van der Waals surface area (Å²) in [6, 6.07) is 18.1. The van der Waals surface area contributed by atoms with E-state index in [2.05, 4.69) is 22.3 Å². The zero-order valence-corrected chi connectivity index (χ0v) is 16.3. The zero-order valence-electron chi connectivity index (χ0n) is 16.3. The standard InChI is InChI=1S/C23H24N4O2/c1-2-7-13-27(12-6-1)23-25-19(17-8-4-3-5-9-17)15-22(26-23)24-18-10-11-20-21(14-18)29-16-28-20/h3-5,8-11,14-15H,1-2,6-7,12-13,16H2,(H,24,25,26). The van der Waals surface area contributed by atoms with Crippen molar-refractivity contribution in [3.63, 3.8) is 0 Å². The Labute approximate surface area is 170 Å². The van der Waals surface area contributed by atoms with Gasteiger partial charge < -0.3 is 19.7 Å². The van der Waals surface area contributed by atoms with Gasteiger partial charge in [0.25, 0.3) is 0 Å². The van der Waals surface area contributed by atoms with Crippen LogP contribution in [-0.4, -0.2) is 29.9 Å². The van der Waals surface area contributed by atoms with Gasteiger partial charge in [-0.15, -0.1) is 0 Å². The molecule has 1 fully saturated rings. The number of rotatable bonds is 4. The lowest BCUT2D eigenvalue weighted by molar-refractivity contribution is 0.174. The van der Waals surface area contributed by atoms with Gasteiger partial charge in [0.2, 0.25) is 12.7 Å². The molecule has 1 N–H and O–H groups in total. The Hall–Kier alpha value is -3.28. The largest absolute Gasteiger partial charge is 0.454 e. The second kappa shape index (κ2) is 7.99. The van der Waals surface area contributed by atoms with Gasteiger partial charge in [-0.3, -0.25) is 0 Å². The van der Waals surface area contributed by atoms with Crippen LogP contribution in [0.3, 0.4) is 0 Å². The van der Waals surface area contributed by atoms with E-state index in [4.69, 9.17) is 19.4 Å². The Kier molecular flexibility index (Phi) is 4.90. The van der Waals surface area contributed by atoms with Gasteiger partial charge in [0, 0.05) is 36.5 Å². The first-order valence-corrected chi connectivity index (χ1v) is 10.2. The molecule has 2 aliphatic heterocycles. The fraction of sp³-hybridized carbons (Fsp3) is 0.304. The lowest BCUT2D eigenvalue weighted by atomic mass is 10.1. The summed E-state index contributed by atoms with van der Waals surface area (Å²) in [6.45, 7) is 2.27. The van der Waals surface area contributed by atoms with Gasteiger partial charge >= 0.3 is 0 Å². The number of anilines is 3. The Morgan fingerprint density at radius 1 is 0.793 bits per heavy atom. The van der Waals surface area contributed by atoms with Crippen LogP contribution in [-0.2, 0) is 0 Å². The van der Waals surface area contributed by atoms with Crippen LogP contribution in [0.2, 0.25) is 0 Å². The van der Waals surface area contributed by atoms with Crippen molar-refractivity contribution < 1.29 is 9.47 Å². The average Bonchev–Trinajstić information content (AvgIpc) is 3.05. The normalized spacial score (nSPS) is 15.8. The molecule has 0 unspecified atom stereocenters. The summed E-state index contributed by atoms with van der Waals surface area (Å²) in [4.78, 5) is 12.1. The van der Waals surface area contributed by atoms with Gasteiger partial charge in [-0.05, 0) is 25.0 Å². The van der Waals surface area contributed by atoms with E-state index in [9.17, 15) is 0 Å². The van der Waals surface area contributed by atoms with Gasteiger partial charge in [-0.25, -0.2) is 4.98 Å². The van der Waals surface area contributed by atoms with Gasteiger partial charge in [0.15, 0.2) is 11.5 Å². The van der Waals surface area contributed by atoms with Gasteiger partial charge in [0.1, 0.15) is 5.82 Å². The van der Waals surface area contributed by atoms with Gasteiger partial charge in [-0.2, -0.15) is 4.98 Å². The highest BCUT2D eigenvalue weighted by Gasteiger charge is 2.17. The molecule has 1 saturated heterocycles. The second-order valence-electron chi connectivity index (χ2n) is 7.40. The number of aromatic nitrogens is 2. The third-order valence-electron chi connectivity index (χ3n) is 5.32. The van der Waals surface area contributed by atoms with Crippen LogP contribution in [0, 0.1) is 0 Å². The minimum absolute atomic E-state index is 0.267. The molecule has 2 aliphatic rings. The molecule has 0 amide bonds. The summed E-state index contributed by atoms with van der Waals surface area (Å²) in [5, 5.41) is 3.43. The van der Waals surface area contributed by atoms with E-state index in [1.165, 1.54) is 25.7 Å². The molecule has 3 aromatic rings. The average molecular weight is 388 g/mol. The summed E-state index contributed by atoms with van der Waals surface area (Å²) in [5.41, 5.74) is 2.91. The smallest absolute Gasteiger partial charge is 0.231 e. The topological polar surface area (TPSA) is 59.5 Å². The van der Waals surface area contributed by atoms with E-state index in [1.54, 1.807) is 0 Å². The van der Waals surface area contributed by atoms with Gasteiger partial charge in [0.05, 0.1) is 5.69 Å². The summed E-state index contributed by atoms with van der Waals surface area (Å²) in [5.74, 6) is 3.09. The molecule has 0 atom stereocenters. The maximum atomic E-state index is 5.50. The fourth-order valence-electron chi connectivity index (χ4n) is 3.79. The van der Waals surface area contributed by atoms with E-state index in [0.717, 1.165) is 53.3 Å². The van der Waals surface area contributed by atoms with Gasteiger partial charge in [-0.1, -0.05) is 43.2 Å². The maximum absolute atomic E-state index is 5.50.